The zero-order valence-corrected chi connectivity index (χ0v) is 13.5. The van der Waals surface area contributed by atoms with Crippen LogP contribution < -0.4 is 5.32 Å². The van der Waals surface area contributed by atoms with Crippen LogP contribution in [-0.4, -0.2) is 10.9 Å². The maximum absolute atomic E-state index is 13.8. The van der Waals surface area contributed by atoms with Gasteiger partial charge in [-0.3, -0.25) is 9.78 Å². The Morgan fingerprint density at radius 1 is 1.22 bits per heavy atom. The highest BCUT2D eigenvalue weighted by atomic mass is 35.5. The second kappa shape index (κ2) is 6.14. The molecule has 0 atom stereocenters. The number of halogens is 3. The molecule has 0 fully saturated rings. The highest BCUT2D eigenvalue weighted by molar-refractivity contribution is 6.36. The van der Waals surface area contributed by atoms with Crippen molar-refractivity contribution >= 4 is 45.7 Å². The maximum Gasteiger partial charge on any atom is 0.258 e. The van der Waals surface area contributed by atoms with Gasteiger partial charge in [-0.2, -0.15) is 0 Å². The molecule has 0 aliphatic heterocycles. The number of aryl methyl sites for hydroxylation is 1. The molecule has 0 unspecified atom stereocenters. The molecule has 1 amide bonds. The average molecular weight is 349 g/mol. The van der Waals surface area contributed by atoms with Gasteiger partial charge in [0.05, 0.1) is 21.8 Å². The summed E-state index contributed by atoms with van der Waals surface area (Å²) in [6, 6.07) is 9.05. The molecular weight excluding hydrogens is 338 g/mol. The average Bonchev–Trinajstić information content (AvgIpc) is 2.53. The van der Waals surface area contributed by atoms with Crippen molar-refractivity contribution in [2.24, 2.45) is 0 Å². The number of amides is 1. The third-order valence-corrected chi connectivity index (χ3v) is 3.98. The number of rotatable bonds is 2. The Kier molecular flexibility index (Phi) is 4.20. The van der Waals surface area contributed by atoms with Crippen LogP contribution in [0.15, 0.2) is 42.6 Å². The van der Waals surface area contributed by atoms with E-state index in [-0.39, 0.29) is 10.6 Å². The Labute approximate surface area is 142 Å². The molecule has 0 aliphatic carbocycles. The van der Waals surface area contributed by atoms with Crippen LogP contribution in [0, 0.1) is 12.7 Å². The minimum Gasteiger partial charge on any atom is -0.320 e. The van der Waals surface area contributed by atoms with E-state index in [1.165, 1.54) is 12.1 Å². The molecule has 0 aliphatic rings. The summed E-state index contributed by atoms with van der Waals surface area (Å²) in [6.07, 6.45) is 1.66. The highest BCUT2D eigenvalue weighted by Crippen LogP contribution is 2.33. The van der Waals surface area contributed by atoms with Crippen LogP contribution in [-0.2, 0) is 0 Å². The number of hydrogen-bond donors (Lipinski definition) is 1. The van der Waals surface area contributed by atoms with Gasteiger partial charge in [0.2, 0.25) is 0 Å². The number of benzene rings is 2. The normalized spacial score (nSPS) is 10.8. The van der Waals surface area contributed by atoms with Gasteiger partial charge in [-0.25, -0.2) is 4.39 Å². The minimum atomic E-state index is -0.655. The van der Waals surface area contributed by atoms with Gasteiger partial charge in [0.1, 0.15) is 5.82 Å². The van der Waals surface area contributed by atoms with Crippen LogP contribution >= 0.6 is 23.2 Å². The Bertz CT molecular complexity index is 928. The molecule has 3 rings (SSSR count). The molecule has 0 spiro atoms. The summed E-state index contributed by atoms with van der Waals surface area (Å²) in [7, 11) is 0. The molecule has 6 heteroatoms. The summed E-state index contributed by atoms with van der Waals surface area (Å²) >= 11 is 12.1. The largest absolute Gasteiger partial charge is 0.320 e. The molecule has 0 saturated carbocycles. The first kappa shape index (κ1) is 15.7. The van der Waals surface area contributed by atoms with Crippen LogP contribution in [0.3, 0.4) is 0 Å². The van der Waals surface area contributed by atoms with E-state index in [9.17, 15) is 9.18 Å². The monoisotopic (exact) mass is 348 g/mol. The Balaban J connectivity index is 2.08. The molecular formula is C17H11Cl2FN2O. The molecule has 0 saturated heterocycles. The molecule has 1 heterocycles. The lowest BCUT2D eigenvalue weighted by Crippen LogP contribution is -2.14. The van der Waals surface area contributed by atoms with Gasteiger partial charge in [0.25, 0.3) is 5.91 Å². The number of hydrogen-bond acceptors (Lipinski definition) is 2. The van der Waals surface area contributed by atoms with Crippen LogP contribution in [0.25, 0.3) is 10.9 Å². The standard InChI is InChI=1S/C17H11Cl2FN2O/c1-9-7-13(19)16(11-3-2-6-21-15(9)11)22-17(23)12-8-10(18)4-5-14(12)20/h2-8H,1H3,(H,22,23). The zero-order valence-electron chi connectivity index (χ0n) is 12.0. The van der Waals surface area contributed by atoms with Gasteiger partial charge >= 0.3 is 0 Å². The fourth-order valence-corrected chi connectivity index (χ4v) is 2.84. The van der Waals surface area contributed by atoms with Crippen molar-refractivity contribution in [1.29, 1.82) is 0 Å². The van der Waals surface area contributed by atoms with Gasteiger partial charge in [-0.1, -0.05) is 23.2 Å². The first-order chi connectivity index (χ1) is 11.0. The van der Waals surface area contributed by atoms with Crippen molar-refractivity contribution in [1.82, 2.24) is 4.98 Å². The lowest BCUT2D eigenvalue weighted by molar-refractivity contribution is 0.102. The van der Waals surface area contributed by atoms with Crippen molar-refractivity contribution in [2.45, 2.75) is 6.92 Å². The Morgan fingerprint density at radius 3 is 2.78 bits per heavy atom. The van der Waals surface area contributed by atoms with Crippen LogP contribution in [0.5, 0.6) is 0 Å². The lowest BCUT2D eigenvalue weighted by Gasteiger charge is -2.12. The molecule has 116 valence electrons. The summed E-state index contributed by atoms with van der Waals surface area (Å²) in [5, 5.41) is 3.98. The van der Waals surface area contributed by atoms with Gasteiger partial charge < -0.3 is 5.32 Å². The molecule has 2 aromatic carbocycles. The van der Waals surface area contributed by atoms with Crippen molar-refractivity contribution in [2.75, 3.05) is 5.32 Å². The van der Waals surface area contributed by atoms with E-state index in [2.05, 4.69) is 10.3 Å². The van der Waals surface area contributed by atoms with E-state index >= 15 is 0 Å². The predicted octanol–water partition coefficient (Wildman–Crippen LogP) is 5.24. The molecule has 1 N–H and O–H groups in total. The van der Waals surface area contributed by atoms with Gasteiger partial charge in [0.15, 0.2) is 0 Å². The maximum atomic E-state index is 13.8. The van der Waals surface area contributed by atoms with Crippen molar-refractivity contribution in [3.05, 3.63) is 69.6 Å². The van der Waals surface area contributed by atoms with Crippen LogP contribution in [0.4, 0.5) is 10.1 Å². The number of pyridine rings is 1. The van der Waals surface area contributed by atoms with Crippen LogP contribution in [0.1, 0.15) is 15.9 Å². The van der Waals surface area contributed by atoms with Crippen molar-refractivity contribution in [3.8, 4) is 0 Å². The second-order valence-electron chi connectivity index (χ2n) is 5.03. The van der Waals surface area contributed by atoms with E-state index in [1.807, 2.05) is 6.92 Å². The number of aromatic nitrogens is 1. The first-order valence-corrected chi connectivity index (χ1v) is 7.53. The van der Waals surface area contributed by atoms with E-state index < -0.39 is 11.7 Å². The molecule has 0 radical (unpaired) electrons. The molecule has 3 nitrogen and oxygen atoms in total. The van der Waals surface area contributed by atoms with E-state index in [0.717, 1.165) is 17.1 Å². The first-order valence-electron chi connectivity index (χ1n) is 6.77. The van der Waals surface area contributed by atoms with Gasteiger partial charge in [-0.05, 0) is 48.9 Å². The molecule has 1 aromatic heterocycles. The smallest absolute Gasteiger partial charge is 0.258 e. The van der Waals surface area contributed by atoms with Crippen LogP contribution in [0.2, 0.25) is 10.0 Å². The number of nitrogens with zero attached hydrogens (tertiary/aromatic N) is 1. The van der Waals surface area contributed by atoms with Gasteiger partial charge in [-0.15, -0.1) is 0 Å². The molecule has 3 aromatic rings. The minimum absolute atomic E-state index is 0.147. The summed E-state index contributed by atoms with van der Waals surface area (Å²) in [4.78, 5) is 16.7. The Hall–Kier alpha value is -2.17. The predicted molar refractivity (Wildman–Crippen MR) is 90.9 cm³/mol. The number of anilines is 1. The second-order valence-corrected chi connectivity index (χ2v) is 5.87. The third-order valence-electron chi connectivity index (χ3n) is 3.44. The summed E-state index contributed by atoms with van der Waals surface area (Å²) < 4.78 is 13.8. The van der Waals surface area contributed by atoms with Crippen molar-refractivity contribution < 1.29 is 9.18 Å². The topological polar surface area (TPSA) is 42.0 Å². The number of nitrogens with one attached hydrogen (secondary N) is 1. The van der Waals surface area contributed by atoms with E-state index in [0.29, 0.717) is 16.1 Å². The molecule has 0 bridgehead atoms. The SMILES string of the molecule is Cc1cc(Cl)c(NC(=O)c2cc(Cl)ccc2F)c2cccnc12. The van der Waals surface area contributed by atoms with E-state index in [1.54, 1.807) is 24.4 Å². The zero-order chi connectivity index (χ0) is 16.6. The summed E-state index contributed by atoms with van der Waals surface area (Å²) in [5.41, 5.74) is 1.85. The van der Waals surface area contributed by atoms with Crippen molar-refractivity contribution in [3.63, 3.8) is 0 Å². The number of carbonyl (C=O) groups is 1. The quantitative estimate of drug-likeness (QED) is 0.687. The summed E-state index contributed by atoms with van der Waals surface area (Å²) in [5.74, 6) is -1.28. The third kappa shape index (κ3) is 3.00. The van der Waals surface area contributed by atoms with Gasteiger partial charge in [0, 0.05) is 16.6 Å². The lowest BCUT2D eigenvalue weighted by atomic mass is 10.1. The fourth-order valence-electron chi connectivity index (χ4n) is 2.36. The Morgan fingerprint density at radius 2 is 2.00 bits per heavy atom. The highest BCUT2D eigenvalue weighted by Gasteiger charge is 2.16. The number of fused-ring (bicyclic) bond motifs is 1. The summed E-state index contributed by atoms with van der Waals surface area (Å²) in [6.45, 7) is 1.88. The number of carbonyl (C=O) groups excluding carboxylic acids is 1. The fraction of sp³-hybridized carbons (Fsp3) is 0.0588. The van der Waals surface area contributed by atoms with E-state index in [4.69, 9.17) is 23.2 Å². The molecule has 23 heavy (non-hydrogen) atoms.